The summed E-state index contributed by atoms with van der Waals surface area (Å²) in [7, 11) is 1.10. The number of nitrogens with zero attached hydrogens (tertiary/aromatic N) is 1. The van der Waals surface area contributed by atoms with Gasteiger partial charge >= 0.3 is 24.2 Å². The molecule has 0 radical (unpaired) electrons. The molecule has 2 rings (SSSR count). The highest BCUT2D eigenvalue weighted by Crippen LogP contribution is 2.32. The van der Waals surface area contributed by atoms with Crippen molar-refractivity contribution < 1.29 is 42.1 Å². The second kappa shape index (κ2) is 11.9. The fraction of sp³-hybridized carbons (Fsp3) is 0.400. The van der Waals surface area contributed by atoms with E-state index in [-0.39, 0.29) is 12.0 Å². The van der Waals surface area contributed by atoms with Crippen molar-refractivity contribution in [1.82, 2.24) is 10.4 Å². The molecule has 36 heavy (non-hydrogen) atoms. The minimum atomic E-state index is -4.72. The molecule has 0 heterocycles. The fourth-order valence-electron chi connectivity index (χ4n) is 3.39. The number of benzene rings is 2. The second-order valence-corrected chi connectivity index (χ2v) is 8.96. The number of alkyl halides is 3. The number of nitrogens with one attached hydrogen (secondary N) is 1. The van der Waals surface area contributed by atoms with E-state index in [1.165, 1.54) is 12.1 Å². The summed E-state index contributed by atoms with van der Waals surface area (Å²) in [5.74, 6) is -2.42. The maximum Gasteiger partial charge on any atom is 0.425 e. The third-order valence-corrected chi connectivity index (χ3v) is 4.99. The SMILES string of the molecule is COC(=O)[C@H](Cc1ccccc1)N(N[C@@H](Cc1ccccc1C(F)(F)F)C(=O)O)C(=O)OC(C)(C)C. The van der Waals surface area contributed by atoms with Gasteiger partial charge in [0.05, 0.1) is 12.7 Å². The number of amides is 1. The van der Waals surface area contributed by atoms with Crippen molar-refractivity contribution in [3.05, 3.63) is 71.3 Å². The normalized spacial score (nSPS) is 13.4. The number of esters is 1. The van der Waals surface area contributed by atoms with Gasteiger partial charge < -0.3 is 14.6 Å². The topological polar surface area (TPSA) is 105 Å². The Morgan fingerprint density at radius 2 is 1.56 bits per heavy atom. The van der Waals surface area contributed by atoms with E-state index in [0.29, 0.717) is 10.6 Å². The number of carbonyl (C=O) groups excluding carboxylic acids is 2. The number of carbonyl (C=O) groups is 3. The van der Waals surface area contributed by atoms with Crippen LogP contribution in [0.1, 0.15) is 37.5 Å². The van der Waals surface area contributed by atoms with Gasteiger partial charge in [-0.2, -0.15) is 13.2 Å². The summed E-state index contributed by atoms with van der Waals surface area (Å²) >= 11 is 0. The molecule has 2 N–H and O–H groups in total. The van der Waals surface area contributed by atoms with Crippen LogP contribution in [-0.4, -0.2) is 52.9 Å². The molecule has 0 spiro atoms. The van der Waals surface area contributed by atoms with Gasteiger partial charge in [0.2, 0.25) is 0 Å². The number of aliphatic carboxylic acids is 1. The van der Waals surface area contributed by atoms with Crippen molar-refractivity contribution >= 4 is 18.0 Å². The number of methoxy groups -OCH3 is 1. The van der Waals surface area contributed by atoms with Crippen LogP contribution in [0.3, 0.4) is 0 Å². The smallest absolute Gasteiger partial charge is 0.425 e. The second-order valence-electron chi connectivity index (χ2n) is 8.96. The highest BCUT2D eigenvalue weighted by atomic mass is 19.4. The van der Waals surface area contributed by atoms with E-state index in [0.717, 1.165) is 19.2 Å². The number of hydrazine groups is 1. The summed E-state index contributed by atoms with van der Waals surface area (Å²) in [5.41, 5.74) is 0.727. The van der Waals surface area contributed by atoms with Crippen molar-refractivity contribution in [2.45, 2.75) is 57.5 Å². The van der Waals surface area contributed by atoms with Crippen LogP contribution < -0.4 is 5.43 Å². The number of hydrogen-bond acceptors (Lipinski definition) is 6. The largest absolute Gasteiger partial charge is 0.480 e. The third kappa shape index (κ3) is 8.26. The molecule has 196 valence electrons. The van der Waals surface area contributed by atoms with Gasteiger partial charge in [0, 0.05) is 12.8 Å². The Hall–Kier alpha value is -3.60. The lowest BCUT2D eigenvalue weighted by Gasteiger charge is -2.34. The molecule has 2 aromatic carbocycles. The van der Waals surface area contributed by atoms with Gasteiger partial charge in [-0.05, 0) is 38.0 Å². The van der Waals surface area contributed by atoms with E-state index < -0.39 is 53.9 Å². The molecule has 0 saturated heterocycles. The summed E-state index contributed by atoms with van der Waals surface area (Å²) in [6.07, 6.45) is -6.52. The third-order valence-electron chi connectivity index (χ3n) is 4.99. The van der Waals surface area contributed by atoms with Gasteiger partial charge in [-0.15, -0.1) is 0 Å². The van der Waals surface area contributed by atoms with Gasteiger partial charge in [-0.25, -0.2) is 20.0 Å². The van der Waals surface area contributed by atoms with Crippen LogP contribution in [0.15, 0.2) is 54.6 Å². The molecule has 8 nitrogen and oxygen atoms in total. The molecule has 0 aliphatic rings. The maximum absolute atomic E-state index is 13.5. The molecule has 0 unspecified atom stereocenters. The molecule has 11 heteroatoms. The standard InChI is InChI=1S/C25H29F3N2O6/c1-24(2,3)36-23(34)30(20(22(33)35-4)14-16-10-6-5-7-11-16)29-19(21(31)32)15-17-12-8-9-13-18(17)25(26,27)28/h5-13,19-20,29H,14-15H2,1-4H3,(H,31,32)/t19-,20-/m0/s1. The van der Waals surface area contributed by atoms with E-state index >= 15 is 0 Å². The van der Waals surface area contributed by atoms with Crippen LogP contribution >= 0.6 is 0 Å². The zero-order chi connectivity index (χ0) is 27.1. The van der Waals surface area contributed by atoms with Crippen molar-refractivity contribution in [2.24, 2.45) is 0 Å². The first-order valence-electron chi connectivity index (χ1n) is 11.0. The number of carboxylic acid groups (broad SMARTS) is 1. The van der Waals surface area contributed by atoms with Crippen LogP contribution in [0.4, 0.5) is 18.0 Å². The quantitative estimate of drug-likeness (QED) is 0.384. The van der Waals surface area contributed by atoms with Gasteiger partial charge in [0.25, 0.3) is 0 Å². The van der Waals surface area contributed by atoms with Gasteiger partial charge in [-0.3, -0.25) is 4.79 Å². The summed E-state index contributed by atoms with van der Waals surface area (Å²) in [5, 5.41) is 10.5. The van der Waals surface area contributed by atoms with Crippen molar-refractivity contribution in [2.75, 3.05) is 7.11 Å². The molecule has 0 saturated carbocycles. The van der Waals surface area contributed by atoms with Crippen LogP contribution in [-0.2, 0) is 38.1 Å². The summed E-state index contributed by atoms with van der Waals surface area (Å²) in [4.78, 5) is 37.9. The molecule has 0 bridgehead atoms. The predicted molar refractivity (Wildman–Crippen MR) is 124 cm³/mol. The molecule has 0 aromatic heterocycles. The Labute approximate surface area is 207 Å². The monoisotopic (exact) mass is 510 g/mol. The summed E-state index contributed by atoms with van der Waals surface area (Å²) in [6.45, 7) is 4.71. The van der Waals surface area contributed by atoms with Crippen LogP contribution in [0.25, 0.3) is 0 Å². The van der Waals surface area contributed by atoms with E-state index in [1.54, 1.807) is 51.1 Å². The first-order valence-corrected chi connectivity index (χ1v) is 11.0. The van der Waals surface area contributed by atoms with Crippen molar-refractivity contribution in [1.29, 1.82) is 0 Å². The fourth-order valence-corrected chi connectivity index (χ4v) is 3.39. The van der Waals surface area contributed by atoms with Crippen molar-refractivity contribution in [3.8, 4) is 0 Å². The summed E-state index contributed by atoms with van der Waals surface area (Å²) < 4.78 is 50.7. The highest BCUT2D eigenvalue weighted by Gasteiger charge is 2.39. The van der Waals surface area contributed by atoms with Gasteiger partial charge in [-0.1, -0.05) is 48.5 Å². The molecule has 1 amide bonds. The number of rotatable bonds is 9. The Bertz CT molecular complexity index is 1050. The van der Waals surface area contributed by atoms with Crippen LogP contribution in [0.2, 0.25) is 0 Å². The molecule has 2 aromatic rings. The zero-order valence-corrected chi connectivity index (χ0v) is 20.3. The molecular weight excluding hydrogens is 481 g/mol. The first kappa shape index (κ1) is 28.6. The zero-order valence-electron chi connectivity index (χ0n) is 20.3. The molecule has 2 atom stereocenters. The maximum atomic E-state index is 13.5. The van der Waals surface area contributed by atoms with Gasteiger partial charge in [0.15, 0.2) is 6.04 Å². The molecular formula is C25H29F3N2O6. The minimum Gasteiger partial charge on any atom is -0.480 e. The Morgan fingerprint density at radius 3 is 2.08 bits per heavy atom. The van der Waals surface area contributed by atoms with Crippen molar-refractivity contribution in [3.63, 3.8) is 0 Å². The number of ether oxygens (including phenoxy) is 2. The number of hydrogen-bond donors (Lipinski definition) is 2. The van der Waals surface area contributed by atoms with Gasteiger partial charge in [0.1, 0.15) is 11.6 Å². The number of carboxylic acids is 1. The van der Waals surface area contributed by atoms with E-state index in [4.69, 9.17) is 9.47 Å². The predicted octanol–water partition coefficient (Wildman–Crippen LogP) is 4.23. The Balaban J connectivity index is 2.48. The molecule has 0 aliphatic carbocycles. The average molecular weight is 511 g/mol. The van der Waals surface area contributed by atoms with E-state index in [9.17, 15) is 32.7 Å². The average Bonchev–Trinajstić information content (AvgIpc) is 2.79. The molecule has 0 aliphatic heterocycles. The summed E-state index contributed by atoms with van der Waals surface area (Å²) in [6, 6.07) is 9.99. The lowest BCUT2D eigenvalue weighted by atomic mass is 10.00. The minimum absolute atomic E-state index is 0.0781. The first-order chi connectivity index (χ1) is 16.7. The lowest BCUT2D eigenvalue weighted by Crippen LogP contribution is -2.60. The lowest BCUT2D eigenvalue weighted by molar-refractivity contribution is -0.151. The van der Waals surface area contributed by atoms with E-state index in [1.807, 2.05) is 0 Å². The highest BCUT2D eigenvalue weighted by molar-refractivity contribution is 5.82. The van der Waals surface area contributed by atoms with Crippen LogP contribution in [0, 0.1) is 0 Å². The Morgan fingerprint density at radius 1 is 0.972 bits per heavy atom. The van der Waals surface area contributed by atoms with Crippen LogP contribution in [0.5, 0.6) is 0 Å². The molecule has 0 fully saturated rings. The Kier molecular flexibility index (Phi) is 9.46. The number of halogens is 3. The van der Waals surface area contributed by atoms with E-state index in [2.05, 4.69) is 5.43 Å².